The second-order valence-corrected chi connectivity index (χ2v) is 6.23. The molecule has 1 heterocycles. The van der Waals surface area contributed by atoms with E-state index in [1.807, 2.05) is 20.8 Å². The minimum atomic E-state index is -0.476. The van der Waals surface area contributed by atoms with Gasteiger partial charge in [0.1, 0.15) is 0 Å². The van der Waals surface area contributed by atoms with Gasteiger partial charge in [0.25, 0.3) is 5.91 Å². The molecule has 0 unspecified atom stereocenters. The van der Waals surface area contributed by atoms with Crippen LogP contribution in [0.15, 0.2) is 24.3 Å². The molecule has 1 fully saturated rings. The number of carbonyl (C=O) groups excluding carboxylic acids is 2. The third-order valence-electron chi connectivity index (χ3n) is 3.28. The Balaban J connectivity index is 2.10. The minimum Gasteiger partial charge on any atom is -0.326 e. The number of benzene rings is 1. The maximum atomic E-state index is 12.3. The van der Waals surface area contributed by atoms with Crippen molar-refractivity contribution in [1.82, 2.24) is 5.06 Å². The zero-order valence-corrected chi connectivity index (χ0v) is 12.8. The van der Waals surface area contributed by atoms with Crippen molar-refractivity contribution in [3.63, 3.8) is 0 Å². The first-order chi connectivity index (χ1) is 9.88. The number of nitrogens with zero attached hydrogens (tertiary/aromatic N) is 1. The van der Waals surface area contributed by atoms with Crippen LogP contribution in [0.1, 0.15) is 44.0 Å². The van der Waals surface area contributed by atoms with Gasteiger partial charge in [-0.1, -0.05) is 26.8 Å². The fourth-order valence-corrected chi connectivity index (χ4v) is 1.95. The molecule has 2 amide bonds. The van der Waals surface area contributed by atoms with E-state index in [0.29, 0.717) is 24.4 Å². The highest BCUT2D eigenvalue weighted by Gasteiger charge is 2.22. The predicted octanol–water partition coefficient (Wildman–Crippen LogP) is 2.84. The summed E-state index contributed by atoms with van der Waals surface area (Å²) in [5.74, 6) is -0.247. The van der Waals surface area contributed by atoms with Gasteiger partial charge in [0.2, 0.25) is 5.91 Å². The molecule has 0 aromatic heterocycles. The highest BCUT2D eigenvalue weighted by Crippen LogP contribution is 2.19. The van der Waals surface area contributed by atoms with Crippen LogP contribution in [0.5, 0.6) is 0 Å². The van der Waals surface area contributed by atoms with Crippen molar-refractivity contribution >= 4 is 17.5 Å². The van der Waals surface area contributed by atoms with Crippen LogP contribution in [-0.4, -0.2) is 30.0 Å². The lowest BCUT2D eigenvalue weighted by Gasteiger charge is -2.26. The molecule has 1 N–H and O–H groups in total. The molecule has 0 radical (unpaired) electrons. The quantitative estimate of drug-likeness (QED) is 0.911. The molecule has 21 heavy (non-hydrogen) atoms. The summed E-state index contributed by atoms with van der Waals surface area (Å²) in [6.45, 7) is 6.72. The maximum absolute atomic E-state index is 12.3. The van der Waals surface area contributed by atoms with E-state index in [9.17, 15) is 9.59 Å². The largest absolute Gasteiger partial charge is 0.326 e. The van der Waals surface area contributed by atoms with E-state index in [0.717, 1.165) is 12.8 Å². The summed E-state index contributed by atoms with van der Waals surface area (Å²) in [6, 6.07) is 6.95. The van der Waals surface area contributed by atoms with E-state index in [1.54, 1.807) is 24.3 Å². The van der Waals surface area contributed by atoms with Crippen LogP contribution < -0.4 is 5.32 Å². The van der Waals surface area contributed by atoms with Crippen molar-refractivity contribution in [2.75, 3.05) is 18.5 Å². The average Bonchev–Trinajstić information content (AvgIpc) is 2.46. The van der Waals surface area contributed by atoms with Crippen molar-refractivity contribution in [3.8, 4) is 0 Å². The number of anilines is 1. The molecule has 0 spiro atoms. The lowest BCUT2D eigenvalue weighted by atomic mass is 9.95. The monoisotopic (exact) mass is 290 g/mol. The van der Waals surface area contributed by atoms with Gasteiger partial charge in [-0.05, 0) is 31.0 Å². The van der Waals surface area contributed by atoms with Crippen LogP contribution in [0.25, 0.3) is 0 Å². The van der Waals surface area contributed by atoms with Gasteiger partial charge >= 0.3 is 0 Å². The summed E-state index contributed by atoms with van der Waals surface area (Å²) < 4.78 is 0. The fourth-order valence-electron chi connectivity index (χ4n) is 1.95. The number of hydroxylamine groups is 2. The topological polar surface area (TPSA) is 58.6 Å². The molecule has 0 saturated carbocycles. The Bertz CT molecular complexity index is 529. The molecule has 1 saturated heterocycles. The van der Waals surface area contributed by atoms with Gasteiger partial charge in [0.05, 0.1) is 6.61 Å². The molecule has 1 aliphatic heterocycles. The zero-order valence-electron chi connectivity index (χ0n) is 12.8. The molecule has 2 rings (SSSR count). The molecular formula is C16H22N2O3. The standard InChI is InChI=1S/C16H22N2O3/c1-16(2,3)15(20)17-13-8-6-7-12(11-13)14(19)18-9-4-5-10-21-18/h6-8,11H,4-5,9-10H2,1-3H3,(H,17,20). The Morgan fingerprint density at radius 3 is 2.62 bits per heavy atom. The van der Waals surface area contributed by atoms with Crippen LogP contribution in [0.2, 0.25) is 0 Å². The van der Waals surface area contributed by atoms with Crippen LogP contribution in [0.4, 0.5) is 5.69 Å². The summed E-state index contributed by atoms with van der Waals surface area (Å²) in [5.41, 5.74) is 0.664. The Hall–Kier alpha value is -1.88. The minimum absolute atomic E-state index is 0.0821. The first-order valence-corrected chi connectivity index (χ1v) is 7.24. The van der Waals surface area contributed by atoms with Crippen molar-refractivity contribution in [2.45, 2.75) is 33.6 Å². The molecule has 1 aromatic rings. The third kappa shape index (κ3) is 4.04. The summed E-state index contributed by atoms with van der Waals surface area (Å²) in [6.07, 6.45) is 1.93. The van der Waals surface area contributed by atoms with E-state index in [1.165, 1.54) is 5.06 Å². The van der Waals surface area contributed by atoms with Crippen molar-refractivity contribution in [2.24, 2.45) is 5.41 Å². The number of hydrogen-bond acceptors (Lipinski definition) is 3. The van der Waals surface area contributed by atoms with Crippen LogP contribution in [0.3, 0.4) is 0 Å². The Morgan fingerprint density at radius 2 is 2.00 bits per heavy atom. The molecule has 0 atom stereocenters. The molecular weight excluding hydrogens is 268 g/mol. The molecule has 1 aliphatic rings. The van der Waals surface area contributed by atoms with Crippen molar-refractivity contribution < 1.29 is 14.4 Å². The van der Waals surface area contributed by atoms with Gasteiger partial charge in [-0.25, -0.2) is 5.06 Å². The normalized spacial score (nSPS) is 15.7. The van der Waals surface area contributed by atoms with E-state index in [4.69, 9.17) is 4.84 Å². The number of carbonyl (C=O) groups is 2. The van der Waals surface area contributed by atoms with Gasteiger partial charge in [-0.3, -0.25) is 14.4 Å². The Morgan fingerprint density at radius 1 is 1.24 bits per heavy atom. The van der Waals surface area contributed by atoms with E-state index < -0.39 is 5.41 Å². The Kier molecular flexibility index (Phi) is 4.63. The molecule has 5 heteroatoms. The summed E-state index contributed by atoms with van der Waals surface area (Å²) in [4.78, 5) is 29.7. The summed E-state index contributed by atoms with van der Waals surface area (Å²) in [7, 11) is 0. The van der Waals surface area contributed by atoms with Crippen LogP contribution in [-0.2, 0) is 9.63 Å². The summed E-state index contributed by atoms with van der Waals surface area (Å²) >= 11 is 0. The second-order valence-electron chi connectivity index (χ2n) is 6.23. The van der Waals surface area contributed by atoms with Gasteiger partial charge in [-0.2, -0.15) is 0 Å². The van der Waals surface area contributed by atoms with Crippen molar-refractivity contribution in [1.29, 1.82) is 0 Å². The lowest BCUT2D eigenvalue weighted by molar-refractivity contribution is -0.144. The molecule has 0 bridgehead atoms. The highest BCUT2D eigenvalue weighted by molar-refractivity contribution is 5.98. The zero-order chi connectivity index (χ0) is 15.5. The van der Waals surface area contributed by atoms with Gasteiger partial charge < -0.3 is 5.32 Å². The van der Waals surface area contributed by atoms with E-state index >= 15 is 0 Å². The smallest absolute Gasteiger partial charge is 0.277 e. The third-order valence-corrected chi connectivity index (χ3v) is 3.28. The highest BCUT2D eigenvalue weighted by atomic mass is 16.7. The number of rotatable bonds is 2. The number of nitrogens with one attached hydrogen (secondary N) is 1. The summed E-state index contributed by atoms with van der Waals surface area (Å²) in [5, 5.41) is 4.23. The molecule has 1 aromatic carbocycles. The molecule has 5 nitrogen and oxygen atoms in total. The van der Waals surface area contributed by atoms with E-state index in [-0.39, 0.29) is 11.8 Å². The van der Waals surface area contributed by atoms with Gasteiger partial charge in [-0.15, -0.1) is 0 Å². The van der Waals surface area contributed by atoms with Crippen molar-refractivity contribution in [3.05, 3.63) is 29.8 Å². The first kappa shape index (κ1) is 15.5. The molecule has 0 aliphatic carbocycles. The predicted molar refractivity (Wildman–Crippen MR) is 80.7 cm³/mol. The van der Waals surface area contributed by atoms with E-state index in [2.05, 4.69) is 5.32 Å². The lowest BCUT2D eigenvalue weighted by Crippen LogP contribution is -2.35. The van der Waals surface area contributed by atoms with Crippen LogP contribution >= 0.6 is 0 Å². The number of hydrogen-bond donors (Lipinski definition) is 1. The maximum Gasteiger partial charge on any atom is 0.277 e. The van der Waals surface area contributed by atoms with Gasteiger partial charge in [0, 0.05) is 23.2 Å². The van der Waals surface area contributed by atoms with Gasteiger partial charge in [0.15, 0.2) is 0 Å². The first-order valence-electron chi connectivity index (χ1n) is 7.24. The SMILES string of the molecule is CC(C)(C)C(=O)Nc1cccc(C(=O)N2CCCCO2)c1. The second kappa shape index (κ2) is 6.26. The van der Waals surface area contributed by atoms with Crippen LogP contribution in [0, 0.1) is 5.41 Å². The fraction of sp³-hybridized carbons (Fsp3) is 0.500. The number of amides is 2. The Labute approximate surface area is 125 Å². The molecule has 114 valence electrons. The average molecular weight is 290 g/mol.